The summed E-state index contributed by atoms with van der Waals surface area (Å²) >= 11 is 12.2. The summed E-state index contributed by atoms with van der Waals surface area (Å²) in [7, 11) is 1.78. The third kappa shape index (κ3) is 3.92. The maximum Gasteiger partial charge on any atom is 0.0832 e. The van der Waals surface area contributed by atoms with E-state index >= 15 is 0 Å². The van der Waals surface area contributed by atoms with Gasteiger partial charge in [0.05, 0.1) is 5.60 Å². The van der Waals surface area contributed by atoms with Crippen LogP contribution in [0.4, 0.5) is 0 Å². The molecule has 21 heavy (non-hydrogen) atoms. The van der Waals surface area contributed by atoms with Crippen molar-refractivity contribution in [2.24, 2.45) is 11.1 Å². The van der Waals surface area contributed by atoms with Gasteiger partial charge in [-0.1, -0.05) is 43.1 Å². The maximum atomic E-state index is 6.50. The quantitative estimate of drug-likeness (QED) is 0.856. The van der Waals surface area contributed by atoms with Crippen LogP contribution < -0.4 is 5.73 Å². The lowest BCUT2D eigenvalue weighted by Gasteiger charge is -2.46. The van der Waals surface area contributed by atoms with Gasteiger partial charge in [0.1, 0.15) is 0 Å². The summed E-state index contributed by atoms with van der Waals surface area (Å²) < 4.78 is 5.88. The largest absolute Gasteiger partial charge is 0.377 e. The first kappa shape index (κ1) is 17.1. The average molecular weight is 330 g/mol. The molecular weight excluding hydrogens is 305 g/mol. The monoisotopic (exact) mass is 329 g/mol. The summed E-state index contributed by atoms with van der Waals surface area (Å²) in [6.45, 7) is 4.63. The van der Waals surface area contributed by atoms with Crippen molar-refractivity contribution >= 4 is 23.2 Å². The second-order valence-corrected chi connectivity index (χ2v) is 7.82. The number of benzene rings is 1. The van der Waals surface area contributed by atoms with Crippen LogP contribution in [0.1, 0.15) is 45.1 Å². The first-order valence-corrected chi connectivity index (χ1v) is 8.28. The Morgan fingerprint density at radius 3 is 2.33 bits per heavy atom. The third-order valence-corrected chi connectivity index (χ3v) is 5.57. The lowest BCUT2D eigenvalue weighted by atomic mass is 9.68. The van der Waals surface area contributed by atoms with Gasteiger partial charge in [0, 0.05) is 23.2 Å². The number of rotatable bonds is 4. The first-order chi connectivity index (χ1) is 9.78. The Labute approximate surface area is 137 Å². The number of ether oxygens (including phenoxy) is 1. The average Bonchev–Trinajstić information content (AvgIpc) is 2.42. The van der Waals surface area contributed by atoms with Gasteiger partial charge in [0.15, 0.2) is 0 Å². The molecule has 2 rings (SSSR count). The molecule has 1 aromatic rings. The molecule has 0 heterocycles. The van der Waals surface area contributed by atoms with Crippen LogP contribution in [-0.2, 0) is 11.2 Å². The van der Waals surface area contributed by atoms with Gasteiger partial charge in [-0.15, -0.1) is 0 Å². The van der Waals surface area contributed by atoms with Crippen molar-refractivity contribution in [3.63, 3.8) is 0 Å². The molecule has 1 fully saturated rings. The molecule has 0 aromatic heterocycles. The van der Waals surface area contributed by atoms with Gasteiger partial charge in [-0.05, 0) is 55.2 Å². The van der Waals surface area contributed by atoms with Crippen LogP contribution in [0.3, 0.4) is 0 Å². The molecule has 0 saturated heterocycles. The van der Waals surface area contributed by atoms with E-state index in [1.807, 2.05) is 12.1 Å². The second-order valence-electron chi connectivity index (χ2n) is 6.98. The Kier molecular flexibility index (Phi) is 5.25. The molecule has 0 aliphatic heterocycles. The molecule has 2 nitrogen and oxygen atoms in total. The molecule has 1 aromatic carbocycles. The van der Waals surface area contributed by atoms with Crippen LogP contribution in [0, 0.1) is 5.41 Å². The van der Waals surface area contributed by atoms with Gasteiger partial charge in [-0.25, -0.2) is 0 Å². The lowest BCUT2D eigenvalue weighted by Crippen LogP contribution is -2.53. The summed E-state index contributed by atoms with van der Waals surface area (Å²) in [5.41, 5.74) is 7.69. The molecule has 1 saturated carbocycles. The predicted octanol–water partition coefficient (Wildman–Crippen LogP) is 4.85. The predicted molar refractivity (Wildman–Crippen MR) is 90.1 cm³/mol. The van der Waals surface area contributed by atoms with Gasteiger partial charge in [-0.2, -0.15) is 0 Å². The van der Waals surface area contributed by atoms with Crippen LogP contribution in [-0.4, -0.2) is 18.8 Å². The number of methoxy groups -OCH3 is 1. The van der Waals surface area contributed by atoms with Crippen LogP contribution in [0.5, 0.6) is 0 Å². The Morgan fingerprint density at radius 1 is 1.19 bits per heavy atom. The fraction of sp³-hybridized carbons (Fsp3) is 0.647. The fourth-order valence-electron chi connectivity index (χ4n) is 3.19. The molecule has 1 atom stereocenters. The molecule has 1 aliphatic rings. The first-order valence-electron chi connectivity index (χ1n) is 7.53. The highest BCUT2D eigenvalue weighted by Crippen LogP contribution is 2.43. The Hall–Kier alpha value is -0.280. The minimum atomic E-state index is -0.238. The van der Waals surface area contributed by atoms with Crippen LogP contribution in [0.15, 0.2) is 18.2 Å². The zero-order valence-corrected chi connectivity index (χ0v) is 14.6. The molecule has 4 heteroatoms. The van der Waals surface area contributed by atoms with Crippen molar-refractivity contribution in [1.82, 2.24) is 0 Å². The molecule has 0 bridgehead atoms. The van der Waals surface area contributed by atoms with Gasteiger partial charge in [0.2, 0.25) is 0 Å². The Morgan fingerprint density at radius 2 is 1.81 bits per heavy atom. The summed E-state index contributed by atoms with van der Waals surface area (Å²) in [5.74, 6) is 0. The van der Waals surface area contributed by atoms with E-state index in [-0.39, 0.29) is 11.6 Å². The number of halogens is 2. The lowest BCUT2D eigenvalue weighted by molar-refractivity contribution is -0.0781. The van der Waals surface area contributed by atoms with E-state index in [1.54, 1.807) is 13.2 Å². The Balaban J connectivity index is 2.12. The number of hydrogen-bond donors (Lipinski definition) is 1. The van der Waals surface area contributed by atoms with Crippen molar-refractivity contribution in [3.8, 4) is 0 Å². The minimum absolute atomic E-state index is 0.0581. The highest BCUT2D eigenvalue weighted by Gasteiger charge is 2.42. The van der Waals surface area contributed by atoms with Crippen LogP contribution in [0.2, 0.25) is 10.0 Å². The fourth-order valence-corrected chi connectivity index (χ4v) is 3.67. The second kappa shape index (κ2) is 6.45. The SMILES string of the molecule is COC1(C(N)Cc2ccc(Cl)cc2Cl)CCC(C)(C)CC1. The standard InChI is InChI=1S/C17H25Cl2NO/c1-16(2)6-8-17(21-3,9-7-16)15(20)10-12-4-5-13(18)11-14(12)19/h4-5,11,15H,6-10,20H2,1-3H3. The normalized spacial score (nSPS) is 22.0. The van der Waals surface area contributed by atoms with Gasteiger partial charge in [-0.3, -0.25) is 0 Å². The highest BCUT2D eigenvalue weighted by molar-refractivity contribution is 6.35. The van der Waals surface area contributed by atoms with Crippen LogP contribution in [0.25, 0.3) is 0 Å². The van der Waals surface area contributed by atoms with Crippen molar-refractivity contribution in [1.29, 1.82) is 0 Å². The van der Waals surface area contributed by atoms with E-state index in [0.29, 0.717) is 21.9 Å². The van der Waals surface area contributed by atoms with Crippen molar-refractivity contribution < 1.29 is 4.74 Å². The highest BCUT2D eigenvalue weighted by atomic mass is 35.5. The molecule has 1 unspecified atom stereocenters. The van der Waals surface area contributed by atoms with E-state index in [9.17, 15) is 0 Å². The zero-order chi connectivity index (χ0) is 15.7. The van der Waals surface area contributed by atoms with Gasteiger partial charge in [0.25, 0.3) is 0 Å². The van der Waals surface area contributed by atoms with E-state index in [0.717, 1.165) is 31.2 Å². The molecule has 0 spiro atoms. The van der Waals surface area contributed by atoms with E-state index < -0.39 is 0 Å². The minimum Gasteiger partial charge on any atom is -0.377 e. The van der Waals surface area contributed by atoms with Gasteiger partial charge >= 0.3 is 0 Å². The van der Waals surface area contributed by atoms with Crippen molar-refractivity contribution in [2.75, 3.05) is 7.11 Å². The van der Waals surface area contributed by atoms with E-state index in [2.05, 4.69) is 13.8 Å². The molecule has 1 aliphatic carbocycles. The summed E-state index contributed by atoms with van der Waals surface area (Å²) in [6.07, 6.45) is 5.00. The molecule has 2 N–H and O–H groups in total. The smallest absolute Gasteiger partial charge is 0.0832 e. The maximum absolute atomic E-state index is 6.50. The molecule has 0 amide bonds. The van der Waals surface area contributed by atoms with Crippen LogP contribution >= 0.6 is 23.2 Å². The third-order valence-electron chi connectivity index (χ3n) is 4.99. The van der Waals surface area contributed by atoms with Gasteiger partial charge < -0.3 is 10.5 Å². The van der Waals surface area contributed by atoms with E-state index in [4.69, 9.17) is 33.7 Å². The molecule has 118 valence electrons. The molecular formula is C17H25Cl2NO. The summed E-state index contributed by atoms with van der Waals surface area (Å²) in [6, 6.07) is 5.53. The van der Waals surface area contributed by atoms with E-state index in [1.165, 1.54) is 0 Å². The zero-order valence-electron chi connectivity index (χ0n) is 13.1. The topological polar surface area (TPSA) is 35.2 Å². The number of hydrogen-bond acceptors (Lipinski definition) is 2. The summed E-state index contributed by atoms with van der Waals surface area (Å²) in [5, 5.41) is 1.33. The Bertz CT molecular complexity index is 492. The number of nitrogens with two attached hydrogens (primary N) is 1. The van der Waals surface area contributed by atoms with Crippen molar-refractivity contribution in [2.45, 2.75) is 57.6 Å². The van der Waals surface area contributed by atoms with Crippen molar-refractivity contribution in [3.05, 3.63) is 33.8 Å². The summed E-state index contributed by atoms with van der Waals surface area (Å²) in [4.78, 5) is 0. The molecule has 0 radical (unpaired) electrons.